The Morgan fingerprint density at radius 2 is 1.93 bits per heavy atom. The molecule has 0 aliphatic carbocycles. The lowest BCUT2D eigenvalue weighted by Gasteiger charge is -2.30. The Balaban J connectivity index is 2.65. The average Bonchev–Trinajstić information content (AvgIpc) is 2.20. The fourth-order valence-corrected chi connectivity index (χ4v) is 1.64. The highest BCUT2D eigenvalue weighted by Gasteiger charge is 2.20. The van der Waals surface area contributed by atoms with E-state index in [1.54, 1.807) is 0 Å². The molecule has 0 spiro atoms. The second-order valence-electron chi connectivity index (χ2n) is 4.01. The predicted molar refractivity (Wildman–Crippen MR) is 62.4 cm³/mol. The van der Waals surface area contributed by atoms with Crippen molar-refractivity contribution in [2.24, 2.45) is 5.73 Å². The smallest absolute Gasteiger partial charge is 0.0467 e. The number of rotatable bonds is 5. The molecule has 78 valence electrons. The molecule has 3 N–H and O–H groups in total. The molecule has 2 nitrogen and oxygen atoms in total. The number of hydrogen-bond acceptors (Lipinski definition) is 2. The van der Waals surface area contributed by atoms with E-state index >= 15 is 0 Å². The van der Waals surface area contributed by atoms with Crippen LogP contribution in [-0.2, 0) is 0 Å². The van der Waals surface area contributed by atoms with E-state index in [4.69, 9.17) is 5.73 Å². The second kappa shape index (κ2) is 5.01. The van der Waals surface area contributed by atoms with Gasteiger partial charge in [-0.15, -0.1) is 0 Å². The Morgan fingerprint density at radius 3 is 2.43 bits per heavy atom. The summed E-state index contributed by atoms with van der Waals surface area (Å²) >= 11 is 0. The molecular formula is C12H20N2. The van der Waals surface area contributed by atoms with Crippen LogP contribution in [-0.4, -0.2) is 12.1 Å². The fourth-order valence-electron chi connectivity index (χ4n) is 1.64. The predicted octanol–water partition coefficient (Wildman–Crippen LogP) is 2.62. The molecule has 0 saturated heterocycles. The molecule has 1 aromatic rings. The molecule has 1 aromatic carbocycles. The van der Waals surface area contributed by atoms with E-state index in [0.717, 1.165) is 18.5 Å². The summed E-state index contributed by atoms with van der Waals surface area (Å²) in [5.41, 5.74) is 6.95. The Labute approximate surface area is 86.5 Å². The molecule has 1 atom stereocenters. The van der Waals surface area contributed by atoms with Gasteiger partial charge in [0.05, 0.1) is 0 Å². The summed E-state index contributed by atoms with van der Waals surface area (Å²) in [5.74, 6) is 0. The zero-order valence-electron chi connectivity index (χ0n) is 9.09. The maximum Gasteiger partial charge on any atom is 0.0467 e. The molecule has 14 heavy (non-hydrogen) atoms. The number of hydrogen-bond donors (Lipinski definition) is 2. The van der Waals surface area contributed by atoms with Crippen molar-refractivity contribution < 1.29 is 0 Å². The highest BCUT2D eigenvalue weighted by molar-refractivity contribution is 5.45. The van der Waals surface area contributed by atoms with Gasteiger partial charge in [-0.3, -0.25) is 0 Å². The van der Waals surface area contributed by atoms with Gasteiger partial charge in [-0.2, -0.15) is 0 Å². The van der Waals surface area contributed by atoms with Gasteiger partial charge in [-0.1, -0.05) is 31.5 Å². The number of para-hydroxylation sites is 1. The molecule has 0 bridgehead atoms. The van der Waals surface area contributed by atoms with Crippen LogP contribution in [0.25, 0.3) is 0 Å². The average molecular weight is 192 g/mol. The molecule has 0 saturated carbocycles. The third-order valence-electron chi connectivity index (χ3n) is 2.47. The van der Waals surface area contributed by atoms with E-state index in [9.17, 15) is 0 Å². The maximum absolute atomic E-state index is 5.78. The fraction of sp³-hybridized carbons (Fsp3) is 0.500. The summed E-state index contributed by atoms with van der Waals surface area (Å²) in [6.45, 7) is 5.01. The van der Waals surface area contributed by atoms with Crippen molar-refractivity contribution in [3.05, 3.63) is 30.3 Å². The highest BCUT2D eigenvalue weighted by Crippen LogP contribution is 2.18. The number of anilines is 1. The SMILES string of the molecule is CCCC(C)(CN)Nc1ccccc1. The topological polar surface area (TPSA) is 38.0 Å². The highest BCUT2D eigenvalue weighted by atomic mass is 15.0. The second-order valence-corrected chi connectivity index (χ2v) is 4.01. The molecule has 0 aromatic heterocycles. The first-order valence-electron chi connectivity index (χ1n) is 5.23. The molecule has 0 heterocycles. The van der Waals surface area contributed by atoms with Crippen LogP contribution in [0.4, 0.5) is 5.69 Å². The molecule has 0 aliphatic rings. The Kier molecular flexibility index (Phi) is 3.96. The van der Waals surface area contributed by atoms with E-state index in [1.165, 1.54) is 0 Å². The molecule has 2 heteroatoms. The molecule has 1 unspecified atom stereocenters. The van der Waals surface area contributed by atoms with Crippen LogP contribution in [0.5, 0.6) is 0 Å². The van der Waals surface area contributed by atoms with Crippen LogP contribution in [0.2, 0.25) is 0 Å². The summed E-state index contributed by atoms with van der Waals surface area (Å²) < 4.78 is 0. The lowest BCUT2D eigenvalue weighted by Crippen LogP contribution is -2.42. The van der Waals surface area contributed by atoms with Crippen molar-refractivity contribution in [2.45, 2.75) is 32.2 Å². The Morgan fingerprint density at radius 1 is 1.29 bits per heavy atom. The van der Waals surface area contributed by atoms with Crippen LogP contribution >= 0.6 is 0 Å². The van der Waals surface area contributed by atoms with Gasteiger partial charge in [-0.25, -0.2) is 0 Å². The molecule has 1 rings (SSSR count). The van der Waals surface area contributed by atoms with E-state index in [0.29, 0.717) is 6.54 Å². The maximum atomic E-state index is 5.78. The number of nitrogens with one attached hydrogen (secondary N) is 1. The summed E-state index contributed by atoms with van der Waals surface area (Å²) in [6.07, 6.45) is 2.24. The summed E-state index contributed by atoms with van der Waals surface area (Å²) in [5, 5.41) is 3.48. The van der Waals surface area contributed by atoms with Crippen molar-refractivity contribution in [1.29, 1.82) is 0 Å². The first kappa shape index (κ1) is 11.1. The van der Waals surface area contributed by atoms with E-state index < -0.39 is 0 Å². The minimum atomic E-state index is 0.0239. The van der Waals surface area contributed by atoms with Crippen molar-refractivity contribution in [3.8, 4) is 0 Å². The summed E-state index contributed by atoms with van der Waals surface area (Å²) in [6, 6.07) is 10.2. The molecule has 0 radical (unpaired) electrons. The lowest BCUT2D eigenvalue weighted by atomic mass is 9.96. The Bertz CT molecular complexity index is 258. The molecule has 0 amide bonds. The quantitative estimate of drug-likeness (QED) is 0.752. The van der Waals surface area contributed by atoms with Crippen molar-refractivity contribution >= 4 is 5.69 Å². The summed E-state index contributed by atoms with van der Waals surface area (Å²) in [4.78, 5) is 0. The van der Waals surface area contributed by atoms with Gasteiger partial charge in [-0.05, 0) is 25.5 Å². The zero-order valence-corrected chi connectivity index (χ0v) is 9.09. The van der Waals surface area contributed by atoms with Gasteiger partial charge in [0, 0.05) is 17.8 Å². The van der Waals surface area contributed by atoms with Gasteiger partial charge in [0.2, 0.25) is 0 Å². The number of nitrogens with two attached hydrogens (primary N) is 1. The first-order valence-corrected chi connectivity index (χ1v) is 5.23. The van der Waals surface area contributed by atoms with E-state index in [-0.39, 0.29) is 5.54 Å². The van der Waals surface area contributed by atoms with E-state index in [2.05, 4.69) is 31.3 Å². The van der Waals surface area contributed by atoms with Crippen LogP contribution in [0.3, 0.4) is 0 Å². The lowest BCUT2D eigenvalue weighted by molar-refractivity contribution is 0.476. The third-order valence-corrected chi connectivity index (χ3v) is 2.47. The van der Waals surface area contributed by atoms with Crippen LogP contribution in [0, 0.1) is 0 Å². The van der Waals surface area contributed by atoms with Gasteiger partial charge < -0.3 is 11.1 Å². The standard InChI is InChI=1S/C12H20N2/c1-3-9-12(2,10-13)14-11-7-5-4-6-8-11/h4-8,14H,3,9-10,13H2,1-2H3. The monoisotopic (exact) mass is 192 g/mol. The summed E-state index contributed by atoms with van der Waals surface area (Å²) in [7, 11) is 0. The van der Waals surface area contributed by atoms with Crippen molar-refractivity contribution in [2.75, 3.05) is 11.9 Å². The molecule has 0 aliphatic heterocycles. The minimum absolute atomic E-state index is 0.0239. The number of benzene rings is 1. The van der Waals surface area contributed by atoms with Crippen LogP contribution < -0.4 is 11.1 Å². The Hall–Kier alpha value is -1.02. The zero-order chi connectivity index (χ0) is 10.4. The van der Waals surface area contributed by atoms with Gasteiger partial charge in [0.25, 0.3) is 0 Å². The largest absolute Gasteiger partial charge is 0.379 e. The van der Waals surface area contributed by atoms with Gasteiger partial charge in [0.1, 0.15) is 0 Å². The van der Waals surface area contributed by atoms with Crippen molar-refractivity contribution in [1.82, 2.24) is 0 Å². The van der Waals surface area contributed by atoms with Crippen LogP contribution in [0.15, 0.2) is 30.3 Å². The first-order chi connectivity index (χ1) is 6.70. The third kappa shape index (κ3) is 3.04. The molecular weight excluding hydrogens is 172 g/mol. The van der Waals surface area contributed by atoms with Gasteiger partial charge in [0.15, 0.2) is 0 Å². The van der Waals surface area contributed by atoms with Crippen LogP contribution in [0.1, 0.15) is 26.7 Å². The van der Waals surface area contributed by atoms with Gasteiger partial charge >= 0.3 is 0 Å². The van der Waals surface area contributed by atoms with Crippen molar-refractivity contribution in [3.63, 3.8) is 0 Å². The molecule has 0 fully saturated rings. The minimum Gasteiger partial charge on any atom is -0.379 e. The normalized spacial score (nSPS) is 14.8. The van der Waals surface area contributed by atoms with E-state index in [1.807, 2.05) is 18.2 Å².